The number of hydrogen-bond donors (Lipinski definition) is 0. The van der Waals surface area contributed by atoms with Crippen molar-refractivity contribution in [1.82, 2.24) is 4.57 Å². The molecule has 4 aromatic rings. The summed E-state index contributed by atoms with van der Waals surface area (Å²) in [5, 5.41) is 0.816. The molecule has 0 fully saturated rings. The summed E-state index contributed by atoms with van der Waals surface area (Å²) in [5.41, 5.74) is 0.734. The third-order valence-corrected chi connectivity index (χ3v) is 5.37. The van der Waals surface area contributed by atoms with Gasteiger partial charge < -0.3 is 18.9 Å². The van der Waals surface area contributed by atoms with E-state index in [-0.39, 0.29) is 23.5 Å². The molecule has 0 radical (unpaired) electrons. The van der Waals surface area contributed by atoms with Crippen molar-refractivity contribution in [2.24, 2.45) is 0 Å². The Bertz CT molecular complexity index is 1460. The number of carbonyl (C=O) groups is 2. The van der Waals surface area contributed by atoms with E-state index < -0.39 is 11.9 Å². The van der Waals surface area contributed by atoms with Gasteiger partial charge in [-0.05, 0) is 49.4 Å². The third-order valence-electron chi connectivity index (χ3n) is 5.37. The summed E-state index contributed by atoms with van der Waals surface area (Å²) in [6.45, 7) is 1.98. The van der Waals surface area contributed by atoms with Gasteiger partial charge in [-0.1, -0.05) is 18.2 Å². The van der Waals surface area contributed by atoms with E-state index in [4.69, 9.17) is 18.9 Å². The molecule has 3 aromatic carbocycles. The molecule has 1 aromatic heterocycles. The zero-order valence-corrected chi connectivity index (χ0v) is 19.4. The number of aromatic nitrogens is 1. The number of pyridine rings is 1. The molecule has 1 heterocycles. The lowest BCUT2D eigenvalue weighted by molar-refractivity contribution is 0.0526. The Hall–Kier alpha value is -4.59. The van der Waals surface area contributed by atoms with Crippen molar-refractivity contribution in [2.75, 3.05) is 20.8 Å². The predicted molar refractivity (Wildman–Crippen MR) is 130 cm³/mol. The topological polar surface area (TPSA) is 93.1 Å². The van der Waals surface area contributed by atoms with E-state index in [1.165, 1.54) is 49.2 Å². The van der Waals surface area contributed by atoms with Gasteiger partial charge in [0.1, 0.15) is 5.75 Å². The standard InChI is InChI=1S/C27H23NO7/c1-4-34-26(30)17-9-12-19(13-10-17)35-27(31)22-16-28(25(29)21-8-6-5-7-20(21)22)18-11-14-23(32-2)24(15-18)33-3/h5-16H,4H2,1-3H3. The maximum Gasteiger partial charge on any atom is 0.345 e. The maximum absolute atomic E-state index is 13.3. The van der Waals surface area contributed by atoms with Gasteiger partial charge in [-0.3, -0.25) is 9.36 Å². The highest BCUT2D eigenvalue weighted by Crippen LogP contribution is 2.29. The van der Waals surface area contributed by atoms with Crippen LogP contribution in [0, 0.1) is 0 Å². The summed E-state index contributed by atoms with van der Waals surface area (Å²) in [6, 6.07) is 17.9. The van der Waals surface area contributed by atoms with E-state index in [0.717, 1.165) is 0 Å². The molecule has 0 aliphatic heterocycles. The van der Waals surface area contributed by atoms with Crippen LogP contribution in [0.4, 0.5) is 0 Å². The molecular formula is C27H23NO7. The van der Waals surface area contributed by atoms with Crippen LogP contribution in [-0.2, 0) is 4.74 Å². The number of carbonyl (C=O) groups excluding carboxylic acids is 2. The van der Waals surface area contributed by atoms with Gasteiger partial charge in [-0.15, -0.1) is 0 Å². The number of rotatable bonds is 7. The fourth-order valence-corrected chi connectivity index (χ4v) is 3.66. The van der Waals surface area contributed by atoms with Crippen LogP contribution in [0.1, 0.15) is 27.6 Å². The number of fused-ring (bicyclic) bond motifs is 1. The fourth-order valence-electron chi connectivity index (χ4n) is 3.66. The normalized spacial score (nSPS) is 10.6. The van der Waals surface area contributed by atoms with E-state index in [9.17, 15) is 14.4 Å². The molecular weight excluding hydrogens is 450 g/mol. The first-order chi connectivity index (χ1) is 17.0. The molecule has 0 bridgehead atoms. The lowest BCUT2D eigenvalue weighted by Crippen LogP contribution is -2.22. The van der Waals surface area contributed by atoms with E-state index in [1.807, 2.05) is 0 Å². The monoisotopic (exact) mass is 473 g/mol. The highest BCUT2D eigenvalue weighted by molar-refractivity contribution is 6.04. The van der Waals surface area contributed by atoms with Crippen molar-refractivity contribution in [3.63, 3.8) is 0 Å². The fraction of sp³-hybridized carbons (Fsp3) is 0.148. The number of esters is 2. The number of hydrogen-bond acceptors (Lipinski definition) is 7. The largest absolute Gasteiger partial charge is 0.493 e. The number of methoxy groups -OCH3 is 2. The quantitative estimate of drug-likeness (QED) is 0.290. The van der Waals surface area contributed by atoms with Crippen LogP contribution in [-0.4, -0.2) is 37.3 Å². The molecule has 0 N–H and O–H groups in total. The molecule has 0 spiro atoms. The van der Waals surface area contributed by atoms with E-state index in [2.05, 4.69) is 0 Å². The molecule has 0 aliphatic rings. The minimum Gasteiger partial charge on any atom is -0.493 e. The van der Waals surface area contributed by atoms with Crippen molar-refractivity contribution >= 4 is 22.7 Å². The summed E-state index contributed by atoms with van der Waals surface area (Å²) in [6.07, 6.45) is 1.45. The Balaban J connectivity index is 1.75. The summed E-state index contributed by atoms with van der Waals surface area (Å²) >= 11 is 0. The minimum absolute atomic E-state index is 0.199. The summed E-state index contributed by atoms with van der Waals surface area (Å²) in [7, 11) is 3.02. The molecule has 0 unspecified atom stereocenters. The van der Waals surface area contributed by atoms with Crippen LogP contribution in [0.2, 0.25) is 0 Å². The van der Waals surface area contributed by atoms with Crippen molar-refractivity contribution in [1.29, 1.82) is 0 Å². The molecule has 0 saturated carbocycles. The minimum atomic E-state index is -0.653. The molecule has 8 nitrogen and oxygen atoms in total. The first-order valence-corrected chi connectivity index (χ1v) is 10.8. The van der Waals surface area contributed by atoms with Crippen molar-refractivity contribution in [3.05, 3.63) is 94.4 Å². The third kappa shape index (κ3) is 4.72. The second-order valence-electron chi connectivity index (χ2n) is 7.44. The summed E-state index contributed by atoms with van der Waals surface area (Å²) < 4.78 is 22.5. The Morgan fingerprint density at radius 1 is 0.829 bits per heavy atom. The van der Waals surface area contributed by atoms with E-state index in [1.54, 1.807) is 49.4 Å². The van der Waals surface area contributed by atoms with E-state index >= 15 is 0 Å². The van der Waals surface area contributed by atoms with Crippen molar-refractivity contribution < 1.29 is 28.5 Å². The van der Waals surface area contributed by atoms with Crippen molar-refractivity contribution in [3.8, 4) is 22.9 Å². The van der Waals surface area contributed by atoms with Crippen LogP contribution >= 0.6 is 0 Å². The second-order valence-corrected chi connectivity index (χ2v) is 7.44. The van der Waals surface area contributed by atoms with Crippen LogP contribution in [0.5, 0.6) is 17.2 Å². The molecule has 8 heteroatoms. The average Bonchev–Trinajstić information content (AvgIpc) is 2.89. The van der Waals surface area contributed by atoms with Gasteiger partial charge in [-0.25, -0.2) is 9.59 Å². The maximum atomic E-state index is 13.3. The van der Waals surface area contributed by atoms with Crippen LogP contribution in [0.25, 0.3) is 16.5 Å². The van der Waals surface area contributed by atoms with Gasteiger partial charge in [-0.2, -0.15) is 0 Å². The van der Waals surface area contributed by atoms with E-state index in [0.29, 0.717) is 33.5 Å². The number of nitrogens with zero attached hydrogens (tertiary/aromatic N) is 1. The SMILES string of the molecule is CCOC(=O)c1ccc(OC(=O)c2cn(-c3ccc(OC)c(OC)c3)c(=O)c3ccccc23)cc1. The molecule has 35 heavy (non-hydrogen) atoms. The Morgan fingerprint density at radius 3 is 2.17 bits per heavy atom. The molecule has 178 valence electrons. The summed E-state index contributed by atoms with van der Waals surface area (Å²) in [5.74, 6) is 0.0838. The van der Waals surface area contributed by atoms with Gasteiger partial charge in [0.2, 0.25) is 0 Å². The van der Waals surface area contributed by atoms with Crippen LogP contribution < -0.4 is 19.8 Å². The summed E-state index contributed by atoms with van der Waals surface area (Å²) in [4.78, 5) is 38.3. The van der Waals surface area contributed by atoms with Gasteiger partial charge in [0, 0.05) is 23.0 Å². The lowest BCUT2D eigenvalue weighted by Gasteiger charge is -2.14. The average molecular weight is 473 g/mol. The van der Waals surface area contributed by atoms with Gasteiger partial charge in [0.15, 0.2) is 11.5 Å². The first-order valence-electron chi connectivity index (χ1n) is 10.8. The molecule has 4 rings (SSSR count). The second kappa shape index (κ2) is 10.1. The Kier molecular flexibility index (Phi) is 6.82. The smallest absolute Gasteiger partial charge is 0.345 e. The van der Waals surface area contributed by atoms with Gasteiger partial charge >= 0.3 is 11.9 Å². The Morgan fingerprint density at radius 2 is 1.51 bits per heavy atom. The lowest BCUT2D eigenvalue weighted by atomic mass is 10.1. The highest BCUT2D eigenvalue weighted by Gasteiger charge is 2.18. The van der Waals surface area contributed by atoms with Crippen LogP contribution in [0.15, 0.2) is 77.7 Å². The molecule has 0 saturated heterocycles. The van der Waals surface area contributed by atoms with Gasteiger partial charge in [0.25, 0.3) is 5.56 Å². The number of ether oxygens (including phenoxy) is 4. The van der Waals surface area contributed by atoms with Crippen LogP contribution in [0.3, 0.4) is 0 Å². The Labute approximate surface area is 201 Å². The molecule has 0 amide bonds. The van der Waals surface area contributed by atoms with Gasteiger partial charge in [0.05, 0.1) is 37.6 Å². The number of benzene rings is 3. The zero-order chi connectivity index (χ0) is 24.9. The molecule has 0 aliphatic carbocycles. The molecule has 0 atom stereocenters. The highest BCUT2D eigenvalue weighted by atomic mass is 16.5. The first kappa shape index (κ1) is 23.6. The predicted octanol–water partition coefficient (Wildman–Crippen LogP) is 4.40. The zero-order valence-electron chi connectivity index (χ0n) is 19.4. The van der Waals surface area contributed by atoms with Crippen molar-refractivity contribution in [2.45, 2.75) is 6.92 Å².